The molecule has 0 radical (unpaired) electrons. The largest absolute Gasteiger partial charge is 0.417 e. The van der Waals surface area contributed by atoms with Gasteiger partial charge in [0.05, 0.1) is 12.4 Å². The standard InChI is InChI=1S/C11H26O4SSi/c1-10(15-16(5,12)13)8-9-14-17(6,7)11(2,3)4/h10H,8-9H2,1-7H3/t10-/m1/s1. The van der Waals surface area contributed by atoms with Gasteiger partial charge in [-0.05, 0) is 31.5 Å². The van der Waals surface area contributed by atoms with Gasteiger partial charge in [-0.2, -0.15) is 8.42 Å². The van der Waals surface area contributed by atoms with E-state index in [1.165, 1.54) is 0 Å². The topological polar surface area (TPSA) is 52.6 Å². The second-order valence-electron chi connectivity index (χ2n) is 6.01. The molecule has 0 aromatic heterocycles. The van der Waals surface area contributed by atoms with Crippen LogP contribution in [0.5, 0.6) is 0 Å². The predicted molar refractivity (Wildman–Crippen MR) is 73.2 cm³/mol. The van der Waals surface area contributed by atoms with Crippen molar-refractivity contribution in [1.29, 1.82) is 0 Å². The molecule has 0 fully saturated rings. The summed E-state index contributed by atoms with van der Waals surface area (Å²) in [6.07, 6.45) is 1.34. The normalized spacial score (nSPS) is 15.9. The Balaban J connectivity index is 4.09. The minimum Gasteiger partial charge on any atom is -0.417 e. The van der Waals surface area contributed by atoms with Crippen LogP contribution in [-0.2, 0) is 18.7 Å². The molecule has 0 spiro atoms. The zero-order chi connectivity index (χ0) is 13.9. The van der Waals surface area contributed by atoms with Gasteiger partial charge in [-0.25, -0.2) is 0 Å². The Morgan fingerprint density at radius 1 is 1.24 bits per heavy atom. The summed E-state index contributed by atoms with van der Waals surface area (Å²) in [5, 5.41) is 0.175. The minimum absolute atomic E-state index is 0.175. The minimum atomic E-state index is -3.36. The fourth-order valence-corrected chi connectivity index (χ4v) is 2.80. The summed E-state index contributed by atoms with van der Waals surface area (Å²) in [5.74, 6) is 0. The first-order valence-electron chi connectivity index (χ1n) is 5.87. The molecule has 0 rings (SSSR count). The molecular formula is C11H26O4SSi. The summed E-state index contributed by atoms with van der Waals surface area (Å²) in [7, 11) is -5.10. The number of hydrogen-bond donors (Lipinski definition) is 0. The Kier molecular flexibility index (Phi) is 5.85. The highest BCUT2D eigenvalue weighted by Gasteiger charge is 2.36. The van der Waals surface area contributed by atoms with Gasteiger partial charge in [-0.3, -0.25) is 4.18 Å². The van der Waals surface area contributed by atoms with Crippen LogP contribution in [0.1, 0.15) is 34.1 Å². The van der Waals surface area contributed by atoms with Crippen molar-refractivity contribution >= 4 is 18.4 Å². The predicted octanol–water partition coefficient (Wildman–Crippen LogP) is 2.76. The van der Waals surface area contributed by atoms with E-state index in [0.29, 0.717) is 13.0 Å². The Bertz CT molecular complexity index is 330. The van der Waals surface area contributed by atoms with Crippen molar-refractivity contribution in [2.75, 3.05) is 12.9 Å². The van der Waals surface area contributed by atoms with Crippen LogP contribution in [0.25, 0.3) is 0 Å². The molecule has 0 heterocycles. The van der Waals surface area contributed by atoms with Crippen LogP contribution < -0.4 is 0 Å². The summed E-state index contributed by atoms with van der Waals surface area (Å²) in [6, 6.07) is 0. The van der Waals surface area contributed by atoms with Gasteiger partial charge in [0.25, 0.3) is 10.1 Å². The van der Waals surface area contributed by atoms with E-state index in [2.05, 4.69) is 33.9 Å². The third-order valence-electron chi connectivity index (χ3n) is 3.13. The van der Waals surface area contributed by atoms with Crippen molar-refractivity contribution < 1.29 is 17.0 Å². The molecular weight excluding hydrogens is 256 g/mol. The second-order valence-corrected chi connectivity index (χ2v) is 12.4. The molecule has 6 heteroatoms. The lowest BCUT2D eigenvalue weighted by Gasteiger charge is -2.36. The van der Waals surface area contributed by atoms with E-state index in [-0.39, 0.29) is 11.1 Å². The Labute approximate surface area is 107 Å². The van der Waals surface area contributed by atoms with E-state index in [4.69, 9.17) is 8.61 Å². The van der Waals surface area contributed by atoms with Gasteiger partial charge in [0.1, 0.15) is 0 Å². The molecule has 0 saturated heterocycles. The molecule has 0 aliphatic heterocycles. The summed E-state index contributed by atoms with van der Waals surface area (Å²) >= 11 is 0. The van der Waals surface area contributed by atoms with Crippen LogP contribution in [0.15, 0.2) is 0 Å². The van der Waals surface area contributed by atoms with Gasteiger partial charge < -0.3 is 4.43 Å². The van der Waals surface area contributed by atoms with Crippen molar-refractivity contribution in [1.82, 2.24) is 0 Å². The fourth-order valence-electron chi connectivity index (χ4n) is 1.04. The highest BCUT2D eigenvalue weighted by atomic mass is 32.2. The van der Waals surface area contributed by atoms with Crippen LogP contribution in [0.2, 0.25) is 18.1 Å². The molecule has 0 aromatic carbocycles. The van der Waals surface area contributed by atoms with Crippen molar-refractivity contribution in [3.8, 4) is 0 Å². The SMILES string of the molecule is C[C@H](CCO[Si](C)(C)C(C)(C)C)OS(C)(=O)=O. The number of rotatable bonds is 6. The van der Waals surface area contributed by atoms with Crippen molar-refractivity contribution in [2.45, 2.75) is 58.4 Å². The first-order valence-corrected chi connectivity index (χ1v) is 10.6. The van der Waals surface area contributed by atoms with E-state index in [1.54, 1.807) is 6.92 Å². The van der Waals surface area contributed by atoms with Crippen molar-refractivity contribution in [2.24, 2.45) is 0 Å². The van der Waals surface area contributed by atoms with E-state index in [1.807, 2.05) is 0 Å². The Hall–Kier alpha value is 0.0869. The van der Waals surface area contributed by atoms with Crippen LogP contribution >= 0.6 is 0 Å². The average molecular weight is 282 g/mol. The summed E-state index contributed by atoms with van der Waals surface area (Å²) in [4.78, 5) is 0. The van der Waals surface area contributed by atoms with Gasteiger partial charge in [-0.1, -0.05) is 20.8 Å². The third kappa shape index (κ3) is 7.18. The summed E-state index contributed by atoms with van der Waals surface area (Å²) < 4.78 is 32.6. The molecule has 104 valence electrons. The smallest absolute Gasteiger partial charge is 0.264 e. The molecule has 0 amide bonds. The van der Waals surface area contributed by atoms with Gasteiger partial charge in [0.15, 0.2) is 8.32 Å². The maximum Gasteiger partial charge on any atom is 0.264 e. The van der Waals surface area contributed by atoms with Gasteiger partial charge >= 0.3 is 0 Å². The lowest BCUT2D eigenvalue weighted by Crippen LogP contribution is -2.41. The molecule has 0 N–H and O–H groups in total. The van der Waals surface area contributed by atoms with Crippen LogP contribution in [0, 0.1) is 0 Å². The van der Waals surface area contributed by atoms with E-state index < -0.39 is 18.4 Å². The van der Waals surface area contributed by atoms with Crippen molar-refractivity contribution in [3.63, 3.8) is 0 Å². The zero-order valence-electron chi connectivity index (χ0n) is 12.0. The summed E-state index contributed by atoms with van der Waals surface area (Å²) in [6.45, 7) is 13.2. The highest BCUT2D eigenvalue weighted by Crippen LogP contribution is 2.36. The molecule has 4 nitrogen and oxygen atoms in total. The molecule has 0 aliphatic rings. The fraction of sp³-hybridized carbons (Fsp3) is 1.00. The molecule has 0 aliphatic carbocycles. The maximum atomic E-state index is 10.9. The van der Waals surface area contributed by atoms with Gasteiger partial charge in [-0.15, -0.1) is 0 Å². The van der Waals surface area contributed by atoms with Crippen LogP contribution in [0.3, 0.4) is 0 Å². The first-order chi connectivity index (χ1) is 7.35. The number of hydrogen-bond acceptors (Lipinski definition) is 4. The van der Waals surface area contributed by atoms with Crippen molar-refractivity contribution in [3.05, 3.63) is 0 Å². The van der Waals surface area contributed by atoms with Gasteiger partial charge in [0.2, 0.25) is 0 Å². The molecule has 0 unspecified atom stereocenters. The quantitative estimate of drug-likeness (QED) is 0.555. The molecule has 0 bridgehead atoms. The second kappa shape index (κ2) is 5.82. The molecule has 1 atom stereocenters. The maximum absolute atomic E-state index is 10.9. The lowest BCUT2D eigenvalue weighted by molar-refractivity contribution is 0.178. The van der Waals surface area contributed by atoms with E-state index in [0.717, 1.165) is 6.26 Å². The zero-order valence-corrected chi connectivity index (χ0v) is 13.8. The molecule has 0 saturated carbocycles. The summed E-state index contributed by atoms with van der Waals surface area (Å²) in [5.41, 5.74) is 0. The Morgan fingerprint density at radius 3 is 2.06 bits per heavy atom. The lowest BCUT2D eigenvalue weighted by atomic mass is 10.2. The molecule has 0 aromatic rings. The molecule has 17 heavy (non-hydrogen) atoms. The highest BCUT2D eigenvalue weighted by molar-refractivity contribution is 7.86. The van der Waals surface area contributed by atoms with Gasteiger partial charge in [0, 0.05) is 6.61 Å². The first kappa shape index (κ1) is 17.1. The Morgan fingerprint density at radius 2 is 1.71 bits per heavy atom. The van der Waals surface area contributed by atoms with Crippen LogP contribution in [0.4, 0.5) is 0 Å². The van der Waals surface area contributed by atoms with Crippen LogP contribution in [-0.4, -0.2) is 35.7 Å². The van der Waals surface area contributed by atoms with E-state index in [9.17, 15) is 8.42 Å². The average Bonchev–Trinajstić information content (AvgIpc) is 1.97. The monoisotopic (exact) mass is 282 g/mol. The third-order valence-corrected chi connectivity index (χ3v) is 8.35. The van der Waals surface area contributed by atoms with E-state index >= 15 is 0 Å².